The molecule has 0 radical (unpaired) electrons. The van der Waals surface area contributed by atoms with Gasteiger partial charge in [0.15, 0.2) is 0 Å². The van der Waals surface area contributed by atoms with Gasteiger partial charge in [0.1, 0.15) is 11.5 Å². The first-order chi connectivity index (χ1) is 8.16. The van der Waals surface area contributed by atoms with Crippen molar-refractivity contribution in [2.24, 2.45) is 0 Å². The molecule has 0 bridgehead atoms. The van der Waals surface area contributed by atoms with E-state index in [1.807, 2.05) is 0 Å². The maximum Gasteiger partial charge on any atom is 0.295 e. The average molecular weight is 253 g/mol. The summed E-state index contributed by atoms with van der Waals surface area (Å²) in [5.41, 5.74) is 1.70. The zero-order valence-corrected chi connectivity index (χ0v) is 9.41. The highest BCUT2D eigenvalue weighted by atomic mass is 32.1. The summed E-state index contributed by atoms with van der Waals surface area (Å²) in [7, 11) is 0. The minimum Gasteiger partial charge on any atom is -0.375 e. The highest BCUT2D eigenvalue weighted by Gasteiger charge is 2.14. The Kier molecular flexibility index (Phi) is 3.29. The molecule has 2 aromatic rings. The molecule has 1 N–H and O–H groups in total. The number of hydrogen-bond acceptors (Lipinski definition) is 5. The van der Waals surface area contributed by atoms with Gasteiger partial charge in [-0.2, -0.15) is 0 Å². The van der Waals surface area contributed by atoms with Gasteiger partial charge >= 0.3 is 0 Å². The Morgan fingerprint density at radius 1 is 1.53 bits per heavy atom. The van der Waals surface area contributed by atoms with Crippen LogP contribution in [0.1, 0.15) is 4.88 Å². The van der Waals surface area contributed by atoms with Crippen molar-refractivity contribution in [2.45, 2.75) is 6.54 Å². The molecular formula is C10H8FN3O2S. The van der Waals surface area contributed by atoms with Crippen molar-refractivity contribution in [3.05, 3.63) is 50.7 Å². The van der Waals surface area contributed by atoms with E-state index < -0.39 is 10.7 Å². The van der Waals surface area contributed by atoms with Gasteiger partial charge in [-0.1, -0.05) is 0 Å². The number of anilines is 1. The standard InChI is InChI=1S/C10H8FN3O2S/c11-7-1-2-9(10(3-7)14(15)16)13-5-8-4-12-6-17-8/h1-4,6,13H,5H2. The lowest BCUT2D eigenvalue weighted by Crippen LogP contribution is -2.01. The molecule has 1 aromatic carbocycles. The molecule has 88 valence electrons. The third kappa shape index (κ3) is 2.76. The van der Waals surface area contributed by atoms with E-state index in [2.05, 4.69) is 10.3 Å². The summed E-state index contributed by atoms with van der Waals surface area (Å²) < 4.78 is 12.9. The lowest BCUT2D eigenvalue weighted by atomic mass is 10.2. The van der Waals surface area contributed by atoms with Gasteiger partial charge in [0, 0.05) is 11.1 Å². The second-order valence-corrected chi connectivity index (χ2v) is 4.21. The van der Waals surface area contributed by atoms with Crippen LogP contribution in [0.15, 0.2) is 29.9 Å². The first-order valence-electron chi connectivity index (χ1n) is 4.72. The van der Waals surface area contributed by atoms with Gasteiger partial charge in [-0.3, -0.25) is 15.1 Å². The van der Waals surface area contributed by atoms with E-state index in [4.69, 9.17) is 0 Å². The summed E-state index contributed by atoms with van der Waals surface area (Å²) in [5, 5.41) is 13.6. The van der Waals surface area contributed by atoms with Gasteiger partial charge in [0.25, 0.3) is 5.69 Å². The fourth-order valence-electron chi connectivity index (χ4n) is 1.32. The first-order valence-corrected chi connectivity index (χ1v) is 5.60. The van der Waals surface area contributed by atoms with E-state index in [0.29, 0.717) is 12.2 Å². The van der Waals surface area contributed by atoms with Gasteiger partial charge in [-0.25, -0.2) is 4.39 Å². The number of halogens is 1. The molecule has 1 heterocycles. The Morgan fingerprint density at radius 3 is 3.00 bits per heavy atom. The number of nitrogens with zero attached hydrogens (tertiary/aromatic N) is 2. The highest BCUT2D eigenvalue weighted by molar-refractivity contribution is 7.09. The van der Waals surface area contributed by atoms with Crippen LogP contribution >= 0.6 is 11.3 Å². The molecule has 0 amide bonds. The second-order valence-electron chi connectivity index (χ2n) is 3.24. The fraction of sp³-hybridized carbons (Fsp3) is 0.100. The van der Waals surface area contributed by atoms with Gasteiger partial charge in [0.2, 0.25) is 0 Å². The van der Waals surface area contributed by atoms with Crippen LogP contribution in [0.4, 0.5) is 15.8 Å². The predicted octanol–water partition coefficient (Wildman–Crippen LogP) is 2.80. The topological polar surface area (TPSA) is 68.1 Å². The Bertz CT molecular complexity index is 530. The highest BCUT2D eigenvalue weighted by Crippen LogP contribution is 2.25. The van der Waals surface area contributed by atoms with Crippen LogP contribution in [0.25, 0.3) is 0 Å². The molecule has 0 fully saturated rings. The molecule has 0 unspecified atom stereocenters. The number of benzene rings is 1. The Hall–Kier alpha value is -2.02. The van der Waals surface area contributed by atoms with Crippen molar-refractivity contribution in [1.82, 2.24) is 4.98 Å². The summed E-state index contributed by atoms with van der Waals surface area (Å²) in [6.07, 6.45) is 1.67. The van der Waals surface area contributed by atoms with Crippen LogP contribution in [-0.2, 0) is 6.54 Å². The molecule has 0 aliphatic heterocycles. The van der Waals surface area contributed by atoms with E-state index in [-0.39, 0.29) is 5.69 Å². The normalized spacial score (nSPS) is 10.2. The van der Waals surface area contributed by atoms with Crippen LogP contribution < -0.4 is 5.32 Å². The van der Waals surface area contributed by atoms with Crippen molar-refractivity contribution in [3.8, 4) is 0 Å². The molecule has 2 rings (SSSR count). The minimum atomic E-state index is -0.625. The van der Waals surface area contributed by atoms with E-state index in [0.717, 1.165) is 10.9 Å². The molecular weight excluding hydrogens is 245 g/mol. The Balaban J connectivity index is 2.17. The Labute approximate surface area is 100 Å². The maximum atomic E-state index is 12.9. The second kappa shape index (κ2) is 4.88. The summed E-state index contributed by atoms with van der Waals surface area (Å²) in [4.78, 5) is 14.9. The molecule has 0 aliphatic carbocycles. The quantitative estimate of drug-likeness (QED) is 0.672. The summed E-state index contributed by atoms with van der Waals surface area (Å²) in [6.45, 7) is 0.428. The maximum absolute atomic E-state index is 12.9. The molecule has 0 spiro atoms. The molecule has 1 aromatic heterocycles. The van der Waals surface area contributed by atoms with Crippen molar-refractivity contribution in [1.29, 1.82) is 0 Å². The molecule has 0 saturated heterocycles. The molecule has 17 heavy (non-hydrogen) atoms. The van der Waals surface area contributed by atoms with Crippen LogP contribution in [0.2, 0.25) is 0 Å². The first kappa shape index (κ1) is 11.5. The lowest BCUT2D eigenvalue weighted by molar-refractivity contribution is -0.384. The van der Waals surface area contributed by atoms with Crippen LogP contribution in [0, 0.1) is 15.9 Å². The third-order valence-corrected chi connectivity index (χ3v) is 2.87. The average Bonchev–Trinajstić information content (AvgIpc) is 2.80. The number of hydrogen-bond donors (Lipinski definition) is 1. The van der Waals surface area contributed by atoms with Crippen molar-refractivity contribution < 1.29 is 9.31 Å². The number of thiazole rings is 1. The predicted molar refractivity (Wildman–Crippen MR) is 62.5 cm³/mol. The van der Waals surface area contributed by atoms with Crippen molar-refractivity contribution in [2.75, 3.05) is 5.32 Å². The monoisotopic (exact) mass is 253 g/mol. The minimum absolute atomic E-state index is 0.269. The number of nitro benzene ring substituents is 1. The molecule has 0 aliphatic rings. The van der Waals surface area contributed by atoms with Crippen LogP contribution in [-0.4, -0.2) is 9.91 Å². The van der Waals surface area contributed by atoms with Gasteiger partial charge < -0.3 is 5.32 Å². The smallest absolute Gasteiger partial charge is 0.295 e. The fourth-order valence-corrected chi connectivity index (χ4v) is 1.85. The van der Waals surface area contributed by atoms with E-state index in [9.17, 15) is 14.5 Å². The van der Waals surface area contributed by atoms with Crippen LogP contribution in [0.3, 0.4) is 0 Å². The zero-order valence-electron chi connectivity index (χ0n) is 8.59. The molecule has 7 heteroatoms. The van der Waals surface area contributed by atoms with E-state index in [1.54, 1.807) is 11.7 Å². The zero-order chi connectivity index (χ0) is 12.3. The van der Waals surface area contributed by atoms with Crippen LogP contribution in [0.5, 0.6) is 0 Å². The third-order valence-electron chi connectivity index (χ3n) is 2.09. The lowest BCUT2D eigenvalue weighted by Gasteiger charge is -2.05. The molecule has 0 saturated carbocycles. The van der Waals surface area contributed by atoms with Gasteiger partial charge in [-0.05, 0) is 12.1 Å². The van der Waals surface area contributed by atoms with Crippen molar-refractivity contribution in [3.63, 3.8) is 0 Å². The van der Waals surface area contributed by atoms with E-state index in [1.165, 1.54) is 23.5 Å². The number of rotatable bonds is 4. The van der Waals surface area contributed by atoms with E-state index >= 15 is 0 Å². The van der Waals surface area contributed by atoms with Gasteiger partial charge in [-0.15, -0.1) is 11.3 Å². The number of nitro groups is 1. The SMILES string of the molecule is O=[N+]([O-])c1cc(F)ccc1NCc1cncs1. The molecule has 0 atom stereocenters. The van der Waals surface area contributed by atoms with Gasteiger partial charge in [0.05, 0.1) is 23.0 Å². The molecule has 5 nitrogen and oxygen atoms in total. The number of nitrogens with one attached hydrogen (secondary N) is 1. The summed E-state index contributed by atoms with van der Waals surface area (Å²) in [5.74, 6) is -0.625. The summed E-state index contributed by atoms with van der Waals surface area (Å²) >= 11 is 1.44. The van der Waals surface area contributed by atoms with Crippen molar-refractivity contribution >= 4 is 22.7 Å². The summed E-state index contributed by atoms with van der Waals surface area (Å²) in [6, 6.07) is 3.44. The number of aromatic nitrogens is 1. The largest absolute Gasteiger partial charge is 0.375 e. The Morgan fingerprint density at radius 2 is 2.35 bits per heavy atom.